The van der Waals surface area contributed by atoms with Crippen molar-refractivity contribution in [2.24, 2.45) is 0 Å². The monoisotopic (exact) mass is 500 g/mol. The minimum atomic E-state index is -4.69. The Hall–Kier alpha value is -2.72. The van der Waals surface area contributed by atoms with Gasteiger partial charge in [-0.25, -0.2) is 4.57 Å². The van der Waals surface area contributed by atoms with E-state index in [1.54, 1.807) is 44.2 Å². The highest BCUT2D eigenvalue weighted by Gasteiger charge is 2.34. The topological polar surface area (TPSA) is 99.6 Å². The third-order valence-corrected chi connectivity index (χ3v) is 6.53. The molecule has 184 valence electrons. The van der Waals surface area contributed by atoms with Gasteiger partial charge in [0.25, 0.3) is 0 Å². The van der Waals surface area contributed by atoms with Crippen molar-refractivity contribution in [2.45, 2.75) is 39.6 Å². The number of phosphoric acid groups is 1. The summed E-state index contributed by atoms with van der Waals surface area (Å²) in [4.78, 5) is 26.8. The number of fused-ring (bicyclic) bond motifs is 1. The van der Waals surface area contributed by atoms with Crippen LogP contribution >= 0.6 is 7.82 Å². The number of rotatable bonds is 10. The van der Waals surface area contributed by atoms with Crippen molar-refractivity contribution in [3.63, 3.8) is 0 Å². The van der Waals surface area contributed by atoms with Crippen LogP contribution in [0.25, 0.3) is 11.0 Å². The van der Waals surface area contributed by atoms with Gasteiger partial charge >= 0.3 is 25.1 Å². The fraction of sp³-hybridized carbons (Fsp3) is 0.364. The van der Waals surface area contributed by atoms with Crippen LogP contribution in [0.1, 0.15) is 30.5 Å². The molecule has 1 aromatic heterocycles. The molecule has 0 bridgehead atoms. The standard InChI is InChI=1S/C22H24F3N2O6P/c1-3-31-34(30,32-4-2)33-14-27-19-12-16(11-10-15-8-6-5-7-9-15)17(22(23,24)25)13-18(19)26-20(28)21(27)29/h5-9,12-13H,3-4,10-11,14H2,1-2H3,(H,26,28). The Morgan fingerprint density at radius 2 is 1.62 bits per heavy atom. The summed E-state index contributed by atoms with van der Waals surface area (Å²) in [5.74, 6) is 0. The van der Waals surface area contributed by atoms with Gasteiger partial charge in [-0.3, -0.25) is 27.7 Å². The first-order valence-electron chi connectivity index (χ1n) is 10.5. The van der Waals surface area contributed by atoms with Crippen molar-refractivity contribution in [1.82, 2.24) is 9.55 Å². The first-order valence-corrected chi connectivity index (χ1v) is 12.0. The molecule has 0 unspecified atom stereocenters. The number of aromatic nitrogens is 2. The predicted octanol–water partition coefficient (Wildman–Crippen LogP) is 4.65. The van der Waals surface area contributed by atoms with Gasteiger partial charge < -0.3 is 4.98 Å². The Labute approximate surface area is 192 Å². The molecule has 1 N–H and O–H groups in total. The summed E-state index contributed by atoms with van der Waals surface area (Å²) < 4.78 is 70.1. The van der Waals surface area contributed by atoms with E-state index in [9.17, 15) is 27.3 Å². The van der Waals surface area contributed by atoms with Crippen molar-refractivity contribution in [1.29, 1.82) is 0 Å². The lowest BCUT2D eigenvalue weighted by Crippen LogP contribution is -2.37. The van der Waals surface area contributed by atoms with Crippen LogP contribution in [0, 0.1) is 0 Å². The molecular formula is C22H24F3N2O6P. The molecule has 0 aliphatic carbocycles. The Balaban J connectivity index is 2.09. The zero-order valence-corrected chi connectivity index (χ0v) is 19.4. The quantitative estimate of drug-likeness (QED) is 0.322. The number of H-pyrrole nitrogens is 1. The molecule has 0 atom stereocenters. The number of aromatic amines is 1. The minimum Gasteiger partial charge on any atom is -0.316 e. The highest BCUT2D eigenvalue weighted by atomic mass is 31.2. The third kappa shape index (κ3) is 6.04. The van der Waals surface area contributed by atoms with Crippen molar-refractivity contribution in [2.75, 3.05) is 13.2 Å². The van der Waals surface area contributed by atoms with Crippen LogP contribution < -0.4 is 11.1 Å². The number of phosphoric ester groups is 1. The van der Waals surface area contributed by atoms with Crippen molar-refractivity contribution in [3.8, 4) is 0 Å². The fourth-order valence-electron chi connectivity index (χ4n) is 3.44. The van der Waals surface area contributed by atoms with Crippen molar-refractivity contribution < 1.29 is 31.3 Å². The van der Waals surface area contributed by atoms with Crippen LogP contribution in [0.2, 0.25) is 0 Å². The highest BCUT2D eigenvalue weighted by molar-refractivity contribution is 7.48. The molecule has 0 radical (unpaired) electrons. The SMILES string of the molecule is CCOP(=O)(OCC)OCn1c(=O)c(=O)[nH]c2cc(C(F)(F)F)c(CCc3ccccc3)cc21. The molecule has 0 saturated carbocycles. The molecule has 34 heavy (non-hydrogen) atoms. The first kappa shape index (κ1) is 25.9. The van der Waals surface area contributed by atoms with E-state index in [0.29, 0.717) is 6.42 Å². The van der Waals surface area contributed by atoms with Crippen LogP contribution in [-0.2, 0) is 43.9 Å². The molecular weight excluding hydrogens is 476 g/mol. The van der Waals surface area contributed by atoms with Gasteiger partial charge in [-0.15, -0.1) is 0 Å². The molecule has 8 nitrogen and oxygen atoms in total. The van der Waals surface area contributed by atoms with Gasteiger partial charge in [-0.05, 0) is 49.9 Å². The number of benzene rings is 2. The van der Waals surface area contributed by atoms with E-state index < -0.39 is 37.4 Å². The Morgan fingerprint density at radius 3 is 2.21 bits per heavy atom. The second-order valence-corrected chi connectivity index (χ2v) is 8.91. The average Bonchev–Trinajstić information content (AvgIpc) is 2.78. The largest absolute Gasteiger partial charge is 0.476 e. The van der Waals surface area contributed by atoms with Crippen LogP contribution in [0.3, 0.4) is 0 Å². The molecule has 0 saturated heterocycles. The highest BCUT2D eigenvalue weighted by Crippen LogP contribution is 2.49. The van der Waals surface area contributed by atoms with E-state index in [1.165, 1.54) is 6.07 Å². The summed E-state index contributed by atoms with van der Waals surface area (Å²) in [5, 5.41) is 0. The van der Waals surface area contributed by atoms with Crippen molar-refractivity contribution in [3.05, 3.63) is 79.9 Å². The summed E-state index contributed by atoms with van der Waals surface area (Å²) in [5.41, 5.74) is -2.61. The molecule has 1 heterocycles. The third-order valence-electron chi connectivity index (χ3n) is 4.95. The zero-order valence-electron chi connectivity index (χ0n) is 18.6. The van der Waals surface area contributed by atoms with Gasteiger partial charge in [0.15, 0.2) is 0 Å². The number of halogens is 3. The van der Waals surface area contributed by atoms with E-state index in [4.69, 9.17) is 13.6 Å². The number of nitrogens with zero attached hydrogens (tertiary/aromatic N) is 1. The van der Waals surface area contributed by atoms with E-state index >= 15 is 0 Å². The number of hydrogen-bond donors (Lipinski definition) is 1. The Morgan fingerprint density at radius 1 is 0.971 bits per heavy atom. The molecule has 0 amide bonds. The predicted molar refractivity (Wildman–Crippen MR) is 120 cm³/mol. The maximum atomic E-state index is 13.8. The van der Waals surface area contributed by atoms with Crippen LogP contribution in [-0.4, -0.2) is 22.8 Å². The molecule has 0 spiro atoms. The molecule has 0 fully saturated rings. The molecule has 3 aromatic rings. The van der Waals surface area contributed by atoms with Gasteiger partial charge in [-0.2, -0.15) is 13.2 Å². The Bertz CT molecular complexity index is 1290. The van der Waals surface area contributed by atoms with E-state index in [-0.39, 0.29) is 36.2 Å². The van der Waals surface area contributed by atoms with Crippen LogP contribution in [0.4, 0.5) is 13.2 Å². The second kappa shape index (κ2) is 10.7. The summed E-state index contributed by atoms with van der Waals surface area (Å²) in [6.07, 6.45) is -4.34. The number of hydrogen-bond acceptors (Lipinski definition) is 6. The van der Waals surface area contributed by atoms with Gasteiger partial charge in [0.2, 0.25) is 0 Å². The molecule has 0 aliphatic heterocycles. The van der Waals surface area contributed by atoms with Gasteiger partial charge in [0, 0.05) is 0 Å². The van der Waals surface area contributed by atoms with Crippen molar-refractivity contribution >= 4 is 18.9 Å². The molecule has 2 aromatic carbocycles. The van der Waals surface area contributed by atoms with Gasteiger partial charge in [-0.1, -0.05) is 30.3 Å². The Kier molecular flexibility index (Phi) is 8.14. The summed E-state index contributed by atoms with van der Waals surface area (Å²) in [6, 6.07) is 11.0. The average molecular weight is 500 g/mol. The lowest BCUT2D eigenvalue weighted by Gasteiger charge is -2.19. The molecule has 3 rings (SSSR count). The van der Waals surface area contributed by atoms with Crippen LogP contribution in [0.5, 0.6) is 0 Å². The minimum absolute atomic E-state index is 0.0130. The van der Waals surface area contributed by atoms with E-state index in [2.05, 4.69) is 4.98 Å². The van der Waals surface area contributed by atoms with Crippen LogP contribution in [0.15, 0.2) is 52.1 Å². The lowest BCUT2D eigenvalue weighted by molar-refractivity contribution is -0.138. The van der Waals surface area contributed by atoms with E-state index in [1.807, 2.05) is 0 Å². The maximum absolute atomic E-state index is 13.8. The van der Waals surface area contributed by atoms with Gasteiger partial charge in [0.05, 0.1) is 29.8 Å². The first-order chi connectivity index (χ1) is 16.1. The fourth-order valence-corrected chi connectivity index (χ4v) is 4.55. The summed E-state index contributed by atoms with van der Waals surface area (Å²) >= 11 is 0. The molecule has 0 aliphatic rings. The normalized spacial score (nSPS) is 12.4. The number of aryl methyl sites for hydroxylation is 2. The van der Waals surface area contributed by atoms with Gasteiger partial charge in [0.1, 0.15) is 6.73 Å². The summed E-state index contributed by atoms with van der Waals surface area (Å²) in [7, 11) is -4.05. The number of alkyl halides is 3. The molecule has 12 heteroatoms. The van der Waals surface area contributed by atoms with E-state index in [0.717, 1.165) is 16.2 Å². The maximum Gasteiger partial charge on any atom is 0.476 e. The second-order valence-electron chi connectivity index (χ2n) is 7.24. The lowest BCUT2D eigenvalue weighted by atomic mass is 9.98. The number of nitrogens with one attached hydrogen (secondary N) is 1. The zero-order chi connectivity index (χ0) is 24.9. The smallest absolute Gasteiger partial charge is 0.316 e. The summed E-state index contributed by atoms with van der Waals surface area (Å²) in [6.45, 7) is 2.37.